The summed E-state index contributed by atoms with van der Waals surface area (Å²) >= 11 is 0. The van der Waals surface area contributed by atoms with E-state index in [1.807, 2.05) is 6.92 Å². The molecule has 1 aromatic rings. The molecular formula is C16H28N2O. The first-order valence-electron chi connectivity index (χ1n) is 7.40. The molecule has 108 valence electrons. The Morgan fingerprint density at radius 1 is 1.11 bits per heavy atom. The van der Waals surface area contributed by atoms with Crippen LogP contribution in [-0.4, -0.2) is 44.3 Å². The van der Waals surface area contributed by atoms with Crippen LogP contribution in [0.3, 0.4) is 0 Å². The van der Waals surface area contributed by atoms with Gasteiger partial charge in [0.2, 0.25) is 0 Å². The topological polar surface area (TPSA) is 24.5 Å². The molecule has 0 fully saturated rings. The van der Waals surface area contributed by atoms with E-state index in [2.05, 4.69) is 54.4 Å². The van der Waals surface area contributed by atoms with Crippen molar-refractivity contribution in [1.82, 2.24) is 10.2 Å². The average molecular weight is 264 g/mol. The van der Waals surface area contributed by atoms with Crippen molar-refractivity contribution in [1.29, 1.82) is 0 Å². The number of ether oxygens (including phenoxy) is 1. The Morgan fingerprint density at radius 3 is 2.37 bits per heavy atom. The summed E-state index contributed by atoms with van der Waals surface area (Å²) in [5.41, 5.74) is 1.38. The molecule has 1 rings (SSSR count). The monoisotopic (exact) mass is 264 g/mol. The molecule has 0 bridgehead atoms. The molecule has 0 spiro atoms. The molecule has 3 heteroatoms. The van der Waals surface area contributed by atoms with Crippen LogP contribution in [0.2, 0.25) is 0 Å². The Balaban J connectivity index is 2.55. The summed E-state index contributed by atoms with van der Waals surface area (Å²) in [4.78, 5) is 2.49. The van der Waals surface area contributed by atoms with Gasteiger partial charge >= 0.3 is 0 Å². The molecule has 0 aliphatic heterocycles. The molecule has 0 amide bonds. The highest BCUT2D eigenvalue weighted by Crippen LogP contribution is 2.19. The third-order valence-corrected chi connectivity index (χ3v) is 3.40. The lowest BCUT2D eigenvalue weighted by Crippen LogP contribution is -2.36. The maximum Gasteiger partial charge on any atom is 0.0590 e. The zero-order chi connectivity index (χ0) is 13.9. The maximum absolute atomic E-state index is 5.36. The van der Waals surface area contributed by atoms with Gasteiger partial charge in [-0.1, -0.05) is 44.2 Å². The number of likely N-dealkylation sites (N-methyl/N-ethyl adjacent to an activating group) is 1. The largest absolute Gasteiger partial charge is 0.380 e. The minimum Gasteiger partial charge on any atom is -0.380 e. The lowest BCUT2D eigenvalue weighted by Gasteiger charge is -2.30. The molecule has 0 aromatic heterocycles. The van der Waals surface area contributed by atoms with Crippen LogP contribution in [0.1, 0.15) is 32.4 Å². The smallest absolute Gasteiger partial charge is 0.0590 e. The van der Waals surface area contributed by atoms with Crippen LogP contribution in [0.5, 0.6) is 0 Å². The predicted octanol–water partition coefficient (Wildman–Crippen LogP) is 2.70. The first kappa shape index (κ1) is 16.2. The fraction of sp³-hybridized carbons (Fsp3) is 0.625. The first-order valence-corrected chi connectivity index (χ1v) is 7.40. The Morgan fingerprint density at radius 2 is 1.79 bits per heavy atom. The Hall–Kier alpha value is -0.900. The van der Waals surface area contributed by atoms with Crippen molar-refractivity contribution < 1.29 is 4.74 Å². The van der Waals surface area contributed by atoms with Gasteiger partial charge in [0.25, 0.3) is 0 Å². The van der Waals surface area contributed by atoms with Gasteiger partial charge in [0.05, 0.1) is 6.61 Å². The minimum absolute atomic E-state index is 0.442. The SMILES string of the molecule is CCOCCNCC(c1ccccc1)N(CC)CC. The van der Waals surface area contributed by atoms with E-state index in [4.69, 9.17) is 4.74 Å². The molecular weight excluding hydrogens is 236 g/mol. The van der Waals surface area contributed by atoms with Crippen LogP contribution < -0.4 is 5.32 Å². The van der Waals surface area contributed by atoms with Gasteiger partial charge in [-0.25, -0.2) is 0 Å². The second-order valence-electron chi connectivity index (χ2n) is 4.55. The normalized spacial score (nSPS) is 12.8. The maximum atomic E-state index is 5.36. The summed E-state index contributed by atoms with van der Waals surface area (Å²) in [5.74, 6) is 0. The van der Waals surface area contributed by atoms with Crippen molar-refractivity contribution in [3.63, 3.8) is 0 Å². The number of hydrogen-bond donors (Lipinski definition) is 1. The van der Waals surface area contributed by atoms with Crippen molar-refractivity contribution in [3.8, 4) is 0 Å². The molecule has 0 saturated carbocycles. The van der Waals surface area contributed by atoms with Crippen molar-refractivity contribution in [2.75, 3.05) is 39.4 Å². The van der Waals surface area contributed by atoms with E-state index in [0.717, 1.165) is 39.4 Å². The van der Waals surface area contributed by atoms with E-state index in [0.29, 0.717) is 6.04 Å². The van der Waals surface area contributed by atoms with Crippen molar-refractivity contribution >= 4 is 0 Å². The van der Waals surface area contributed by atoms with E-state index in [1.54, 1.807) is 0 Å². The van der Waals surface area contributed by atoms with Crippen LogP contribution >= 0.6 is 0 Å². The quantitative estimate of drug-likeness (QED) is 0.658. The highest BCUT2D eigenvalue weighted by atomic mass is 16.5. The van der Waals surface area contributed by atoms with Gasteiger partial charge in [-0.05, 0) is 25.6 Å². The van der Waals surface area contributed by atoms with E-state index in [-0.39, 0.29) is 0 Å². The van der Waals surface area contributed by atoms with Gasteiger partial charge in [0, 0.05) is 25.7 Å². The van der Waals surface area contributed by atoms with Gasteiger partial charge in [0.1, 0.15) is 0 Å². The van der Waals surface area contributed by atoms with E-state index in [1.165, 1.54) is 5.56 Å². The third kappa shape index (κ3) is 5.72. The fourth-order valence-corrected chi connectivity index (χ4v) is 2.32. The summed E-state index contributed by atoms with van der Waals surface area (Å²) in [6.45, 7) is 12.1. The molecule has 0 heterocycles. The van der Waals surface area contributed by atoms with Crippen LogP contribution in [0.4, 0.5) is 0 Å². The van der Waals surface area contributed by atoms with Gasteiger partial charge in [-0.2, -0.15) is 0 Å². The van der Waals surface area contributed by atoms with Gasteiger partial charge < -0.3 is 10.1 Å². The molecule has 1 N–H and O–H groups in total. The Bertz CT molecular complexity index is 312. The lowest BCUT2D eigenvalue weighted by atomic mass is 10.1. The van der Waals surface area contributed by atoms with Gasteiger partial charge in [0.15, 0.2) is 0 Å². The highest BCUT2D eigenvalue weighted by molar-refractivity contribution is 5.19. The van der Waals surface area contributed by atoms with E-state index >= 15 is 0 Å². The van der Waals surface area contributed by atoms with Crippen LogP contribution in [-0.2, 0) is 4.74 Å². The number of hydrogen-bond acceptors (Lipinski definition) is 3. The van der Waals surface area contributed by atoms with E-state index < -0.39 is 0 Å². The molecule has 0 aliphatic rings. The summed E-state index contributed by atoms with van der Waals surface area (Å²) in [6, 6.07) is 11.2. The van der Waals surface area contributed by atoms with Gasteiger partial charge in [-0.15, -0.1) is 0 Å². The molecule has 0 saturated heterocycles. The molecule has 0 aliphatic carbocycles. The molecule has 3 nitrogen and oxygen atoms in total. The summed E-state index contributed by atoms with van der Waals surface area (Å²) in [7, 11) is 0. The molecule has 0 radical (unpaired) electrons. The van der Waals surface area contributed by atoms with Gasteiger partial charge in [-0.3, -0.25) is 4.90 Å². The molecule has 1 aromatic carbocycles. The highest BCUT2D eigenvalue weighted by Gasteiger charge is 2.16. The standard InChI is InChI=1S/C16H28N2O/c1-4-18(5-2)16(14-17-12-13-19-6-3)15-10-8-7-9-11-15/h7-11,16-17H,4-6,12-14H2,1-3H3. The van der Waals surface area contributed by atoms with Crippen molar-refractivity contribution in [2.24, 2.45) is 0 Å². The number of nitrogens with zero attached hydrogens (tertiary/aromatic N) is 1. The molecule has 1 unspecified atom stereocenters. The summed E-state index contributed by atoms with van der Waals surface area (Å²) in [6.07, 6.45) is 0. The third-order valence-electron chi connectivity index (χ3n) is 3.40. The average Bonchev–Trinajstić information content (AvgIpc) is 2.47. The van der Waals surface area contributed by atoms with E-state index in [9.17, 15) is 0 Å². The number of rotatable bonds is 10. The Kier molecular flexibility index (Phi) is 8.47. The molecule has 19 heavy (non-hydrogen) atoms. The zero-order valence-corrected chi connectivity index (χ0v) is 12.6. The minimum atomic E-state index is 0.442. The van der Waals surface area contributed by atoms with Crippen molar-refractivity contribution in [2.45, 2.75) is 26.8 Å². The second kappa shape index (κ2) is 9.96. The predicted molar refractivity (Wildman–Crippen MR) is 81.5 cm³/mol. The lowest BCUT2D eigenvalue weighted by molar-refractivity contribution is 0.144. The fourth-order valence-electron chi connectivity index (χ4n) is 2.32. The second-order valence-corrected chi connectivity index (χ2v) is 4.55. The number of benzene rings is 1. The summed E-state index contributed by atoms with van der Waals surface area (Å²) < 4.78 is 5.36. The molecule has 1 atom stereocenters. The number of nitrogens with one attached hydrogen (secondary N) is 1. The van der Waals surface area contributed by atoms with Crippen LogP contribution in [0.15, 0.2) is 30.3 Å². The Labute approximate surface area is 118 Å². The first-order chi connectivity index (χ1) is 9.33. The van der Waals surface area contributed by atoms with Crippen LogP contribution in [0.25, 0.3) is 0 Å². The summed E-state index contributed by atoms with van der Waals surface area (Å²) in [5, 5.41) is 3.50. The van der Waals surface area contributed by atoms with Crippen molar-refractivity contribution in [3.05, 3.63) is 35.9 Å². The zero-order valence-electron chi connectivity index (χ0n) is 12.6. The van der Waals surface area contributed by atoms with Crippen LogP contribution in [0, 0.1) is 0 Å².